The van der Waals surface area contributed by atoms with Crippen molar-refractivity contribution >= 4 is 0 Å². The van der Waals surface area contributed by atoms with E-state index in [0.717, 1.165) is 41.7 Å². The molecule has 2 unspecified atom stereocenters. The van der Waals surface area contributed by atoms with Crippen LogP contribution in [0.5, 0.6) is 5.75 Å². The van der Waals surface area contributed by atoms with Gasteiger partial charge in [-0.2, -0.15) is 0 Å². The molecule has 2 atom stereocenters. The third-order valence-corrected chi connectivity index (χ3v) is 5.61. The van der Waals surface area contributed by atoms with E-state index >= 15 is 0 Å². The topological polar surface area (TPSA) is 9.23 Å². The number of benzene rings is 2. The van der Waals surface area contributed by atoms with Gasteiger partial charge >= 0.3 is 0 Å². The van der Waals surface area contributed by atoms with Gasteiger partial charge in [0, 0.05) is 0 Å². The fraction of sp³-hybridized carbons (Fsp3) is 0.478. The lowest BCUT2D eigenvalue weighted by Crippen LogP contribution is -2.19. The summed E-state index contributed by atoms with van der Waals surface area (Å²) in [5.41, 5.74) is 2.11. The van der Waals surface area contributed by atoms with Crippen LogP contribution in [0.3, 0.4) is 0 Å². The Labute approximate surface area is 151 Å². The molecule has 1 aliphatic carbocycles. The molecule has 0 aromatic heterocycles. The molecule has 0 aliphatic heterocycles. The molecule has 0 heterocycles. The van der Waals surface area contributed by atoms with Gasteiger partial charge in [-0.25, -0.2) is 4.39 Å². The van der Waals surface area contributed by atoms with Crippen molar-refractivity contribution in [3.8, 4) is 16.9 Å². The van der Waals surface area contributed by atoms with Gasteiger partial charge in [-0.3, -0.25) is 0 Å². The molecular weight excluding hydrogens is 311 g/mol. The van der Waals surface area contributed by atoms with E-state index in [1.807, 2.05) is 24.3 Å². The van der Waals surface area contributed by atoms with Crippen LogP contribution in [0.25, 0.3) is 11.1 Å². The zero-order valence-corrected chi connectivity index (χ0v) is 15.2. The van der Waals surface area contributed by atoms with E-state index in [2.05, 4.69) is 6.92 Å². The average Bonchev–Trinajstić information content (AvgIpc) is 2.67. The van der Waals surface area contributed by atoms with E-state index in [9.17, 15) is 4.39 Å². The van der Waals surface area contributed by atoms with Gasteiger partial charge in [0.25, 0.3) is 0 Å². The SMILES string of the molecule is CCC1CCCCC1CCCOc1ccc(-c2ccc(F)cc2)cc1. The molecule has 134 valence electrons. The second kappa shape index (κ2) is 9.03. The Kier molecular flexibility index (Phi) is 6.49. The van der Waals surface area contributed by atoms with E-state index in [0.29, 0.717) is 0 Å². The van der Waals surface area contributed by atoms with Crippen molar-refractivity contribution in [1.29, 1.82) is 0 Å². The lowest BCUT2D eigenvalue weighted by Gasteiger charge is -2.30. The number of rotatable bonds is 7. The van der Waals surface area contributed by atoms with E-state index in [-0.39, 0.29) is 5.82 Å². The van der Waals surface area contributed by atoms with Gasteiger partial charge in [0.15, 0.2) is 0 Å². The van der Waals surface area contributed by atoms with Gasteiger partial charge in [0.05, 0.1) is 6.61 Å². The van der Waals surface area contributed by atoms with Gasteiger partial charge in [0.1, 0.15) is 11.6 Å². The van der Waals surface area contributed by atoms with Gasteiger partial charge in [-0.1, -0.05) is 63.3 Å². The molecule has 1 fully saturated rings. The van der Waals surface area contributed by atoms with Crippen molar-refractivity contribution in [3.63, 3.8) is 0 Å². The van der Waals surface area contributed by atoms with Crippen LogP contribution >= 0.6 is 0 Å². The fourth-order valence-electron chi connectivity index (χ4n) is 4.12. The monoisotopic (exact) mass is 340 g/mol. The summed E-state index contributed by atoms with van der Waals surface area (Å²) in [4.78, 5) is 0. The van der Waals surface area contributed by atoms with E-state index in [1.54, 1.807) is 12.1 Å². The number of halogens is 1. The highest BCUT2D eigenvalue weighted by atomic mass is 19.1. The van der Waals surface area contributed by atoms with E-state index < -0.39 is 0 Å². The maximum absolute atomic E-state index is 13.0. The molecule has 2 heteroatoms. The minimum absolute atomic E-state index is 0.202. The largest absolute Gasteiger partial charge is 0.494 e. The Hall–Kier alpha value is -1.83. The van der Waals surface area contributed by atoms with Crippen molar-refractivity contribution in [2.45, 2.75) is 51.9 Å². The second-order valence-corrected chi connectivity index (χ2v) is 7.23. The van der Waals surface area contributed by atoms with Crippen LogP contribution in [0.15, 0.2) is 48.5 Å². The standard InChI is InChI=1S/C23H29FO/c1-2-18-6-3-4-7-19(18)8-5-17-25-23-15-11-21(12-16-23)20-9-13-22(24)14-10-20/h9-16,18-19H,2-8,17H2,1H3. The molecule has 1 aliphatic rings. The molecule has 2 aromatic carbocycles. The van der Waals surface area contributed by atoms with Crippen LogP contribution in [0.4, 0.5) is 4.39 Å². The van der Waals surface area contributed by atoms with Crippen molar-refractivity contribution in [2.24, 2.45) is 11.8 Å². The number of hydrogen-bond acceptors (Lipinski definition) is 1. The summed E-state index contributed by atoms with van der Waals surface area (Å²) in [6, 6.07) is 14.7. The van der Waals surface area contributed by atoms with Crippen LogP contribution in [0.2, 0.25) is 0 Å². The highest BCUT2D eigenvalue weighted by Gasteiger charge is 2.22. The molecule has 0 N–H and O–H groups in total. The molecule has 25 heavy (non-hydrogen) atoms. The first kappa shape index (κ1) is 18.0. The molecule has 1 saturated carbocycles. The molecule has 1 nitrogen and oxygen atoms in total. The van der Waals surface area contributed by atoms with Crippen LogP contribution in [-0.2, 0) is 0 Å². The van der Waals surface area contributed by atoms with Crippen molar-refractivity contribution in [3.05, 3.63) is 54.3 Å². The maximum atomic E-state index is 13.0. The average molecular weight is 340 g/mol. The Morgan fingerprint density at radius 2 is 1.48 bits per heavy atom. The summed E-state index contributed by atoms with van der Waals surface area (Å²) < 4.78 is 18.9. The lowest BCUT2D eigenvalue weighted by atomic mass is 9.76. The predicted molar refractivity (Wildman–Crippen MR) is 102 cm³/mol. The first-order chi connectivity index (χ1) is 12.3. The molecule has 0 amide bonds. The van der Waals surface area contributed by atoms with Gasteiger partial charge in [0.2, 0.25) is 0 Å². The molecule has 0 saturated heterocycles. The van der Waals surface area contributed by atoms with Crippen LogP contribution in [0, 0.1) is 17.7 Å². The highest BCUT2D eigenvalue weighted by molar-refractivity contribution is 5.63. The zero-order valence-electron chi connectivity index (χ0n) is 15.2. The summed E-state index contributed by atoms with van der Waals surface area (Å²) in [5.74, 6) is 2.56. The normalized spacial score (nSPS) is 20.4. The summed E-state index contributed by atoms with van der Waals surface area (Å²) in [7, 11) is 0. The third-order valence-electron chi connectivity index (χ3n) is 5.61. The molecule has 3 rings (SSSR count). The quantitative estimate of drug-likeness (QED) is 0.500. The van der Waals surface area contributed by atoms with Crippen LogP contribution < -0.4 is 4.74 Å². The van der Waals surface area contributed by atoms with Crippen molar-refractivity contribution < 1.29 is 9.13 Å². The second-order valence-electron chi connectivity index (χ2n) is 7.23. The van der Waals surface area contributed by atoms with Crippen LogP contribution in [-0.4, -0.2) is 6.61 Å². The zero-order chi connectivity index (χ0) is 17.5. The first-order valence-electron chi connectivity index (χ1n) is 9.75. The first-order valence-corrected chi connectivity index (χ1v) is 9.75. The predicted octanol–water partition coefficient (Wildman–Crippen LogP) is 6.87. The van der Waals surface area contributed by atoms with Crippen molar-refractivity contribution in [1.82, 2.24) is 0 Å². The van der Waals surface area contributed by atoms with E-state index in [1.165, 1.54) is 50.7 Å². The smallest absolute Gasteiger partial charge is 0.123 e. The minimum atomic E-state index is -0.202. The van der Waals surface area contributed by atoms with Gasteiger partial charge in [-0.05, 0) is 60.1 Å². The summed E-state index contributed by atoms with van der Waals surface area (Å²) >= 11 is 0. The Balaban J connectivity index is 1.45. The van der Waals surface area contributed by atoms with Gasteiger partial charge in [-0.15, -0.1) is 0 Å². The van der Waals surface area contributed by atoms with Crippen molar-refractivity contribution in [2.75, 3.05) is 6.61 Å². The molecule has 0 radical (unpaired) electrons. The number of ether oxygens (including phenoxy) is 1. The molecule has 0 bridgehead atoms. The summed E-state index contributed by atoms with van der Waals surface area (Å²) in [6.45, 7) is 3.13. The van der Waals surface area contributed by atoms with Crippen LogP contribution in [0.1, 0.15) is 51.9 Å². The van der Waals surface area contributed by atoms with E-state index in [4.69, 9.17) is 4.74 Å². The summed E-state index contributed by atoms with van der Waals surface area (Å²) in [5, 5.41) is 0. The molecule has 0 spiro atoms. The minimum Gasteiger partial charge on any atom is -0.494 e. The summed E-state index contributed by atoms with van der Waals surface area (Å²) in [6.07, 6.45) is 9.43. The van der Waals surface area contributed by atoms with Gasteiger partial charge < -0.3 is 4.74 Å². The fourth-order valence-corrected chi connectivity index (χ4v) is 4.12. The molecule has 2 aromatic rings. The molecular formula is C23H29FO. The Morgan fingerprint density at radius 3 is 2.12 bits per heavy atom. The maximum Gasteiger partial charge on any atom is 0.123 e. The Bertz CT molecular complexity index is 632. The number of hydrogen-bond donors (Lipinski definition) is 0. The lowest BCUT2D eigenvalue weighted by molar-refractivity contribution is 0.199. The Morgan fingerprint density at radius 1 is 0.880 bits per heavy atom. The highest BCUT2D eigenvalue weighted by Crippen LogP contribution is 2.35. The third kappa shape index (κ3) is 5.07.